The van der Waals surface area contributed by atoms with Crippen LogP contribution in [0.25, 0.3) is 0 Å². The maximum Gasteiger partial charge on any atom is 0.0238 e. The summed E-state index contributed by atoms with van der Waals surface area (Å²) < 4.78 is 0. The summed E-state index contributed by atoms with van der Waals surface area (Å²) in [6, 6.07) is 0.604. The number of alkyl halides is 1. The van der Waals surface area contributed by atoms with Crippen molar-refractivity contribution < 1.29 is 0 Å². The fraction of sp³-hybridized carbons (Fsp3) is 1.00. The van der Waals surface area contributed by atoms with E-state index in [1.165, 1.54) is 51.4 Å². The standard InChI is InChI=1S/C16H34ClN/c1-4-5-6-7-8-9-10-11-14-18-16(12-13-17)15(2)3/h15-16,18H,4-14H2,1-3H3. The van der Waals surface area contributed by atoms with Crippen LogP contribution in [-0.4, -0.2) is 18.5 Å². The second-order valence-electron chi connectivity index (χ2n) is 5.76. The number of halogens is 1. The molecule has 0 aromatic heterocycles. The molecule has 1 unspecified atom stereocenters. The van der Waals surface area contributed by atoms with Crippen molar-refractivity contribution in [3.63, 3.8) is 0 Å². The van der Waals surface area contributed by atoms with Crippen molar-refractivity contribution in [3.05, 3.63) is 0 Å². The quantitative estimate of drug-likeness (QED) is 0.352. The lowest BCUT2D eigenvalue weighted by Gasteiger charge is -2.21. The van der Waals surface area contributed by atoms with Crippen LogP contribution in [0.5, 0.6) is 0 Å². The van der Waals surface area contributed by atoms with Gasteiger partial charge in [-0.2, -0.15) is 0 Å². The molecule has 18 heavy (non-hydrogen) atoms. The molecule has 1 N–H and O–H groups in total. The van der Waals surface area contributed by atoms with E-state index in [9.17, 15) is 0 Å². The van der Waals surface area contributed by atoms with Crippen LogP contribution in [0.3, 0.4) is 0 Å². The molecule has 0 aliphatic heterocycles. The Morgan fingerprint density at radius 3 is 1.94 bits per heavy atom. The van der Waals surface area contributed by atoms with Gasteiger partial charge in [0, 0.05) is 11.9 Å². The van der Waals surface area contributed by atoms with Crippen molar-refractivity contribution in [2.75, 3.05) is 12.4 Å². The Hall–Kier alpha value is 0.250. The van der Waals surface area contributed by atoms with Gasteiger partial charge >= 0.3 is 0 Å². The highest BCUT2D eigenvalue weighted by Crippen LogP contribution is 2.09. The van der Waals surface area contributed by atoms with Crippen LogP contribution in [0, 0.1) is 5.92 Å². The third kappa shape index (κ3) is 11.3. The summed E-state index contributed by atoms with van der Waals surface area (Å²) in [7, 11) is 0. The summed E-state index contributed by atoms with van der Waals surface area (Å²) in [5.41, 5.74) is 0. The van der Waals surface area contributed by atoms with Gasteiger partial charge in [-0.3, -0.25) is 0 Å². The van der Waals surface area contributed by atoms with Gasteiger partial charge in [0.2, 0.25) is 0 Å². The molecule has 0 aliphatic rings. The molecule has 0 amide bonds. The highest BCUT2D eigenvalue weighted by molar-refractivity contribution is 6.17. The molecule has 0 saturated carbocycles. The Morgan fingerprint density at radius 2 is 1.44 bits per heavy atom. The highest BCUT2D eigenvalue weighted by atomic mass is 35.5. The summed E-state index contributed by atoms with van der Waals surface area (Å²) >= 11 is 5.82. The van der Waals surface area contributed by atoms with Crippen LogP contribution < -0.4 is 5.32 Å². The summed E-state index contributed by atoms with van der Waals surface area (Å²) in [6.45, 7) is 7.99. The molecular formula is C16H34ClN. The molecule has 0 aliphatic carbocycles. The second kappa shape index (κ2) is 13.7. The fourth-order valence-corrected chi connectivity index (χ4v) is 2.57. The lowest BCUT2D eigenvalue weighted by molar-refractivity contribution is 0.385. The van der Waals surface area contributed by atoms with Gasteiger partial charge in [0.05, 0.1) is 0 Å². The minimum absolute atomic E-state index is 0.604. The SMILES string of the molecule is CCCCCCCCCCNC(CCCl)C(C)C. The third-order valence-electron chi connectivity index (χ3n) is 3.66. The van der Waals surface area contributed by atoms with Crippen molar-refractivity contribution in [1.29, 1.82) is 0 Å². The van der Waals surface area contributed by atoms with Crippen LogP contribution in [0.1, 0.15) is 78.6 Å². The number of hydrogen-bond donors (Lipinski definition) is 1. The Morgan fingerprint density at radius 1 is 0.889 bits per heavy atom. The van der Waals surface area contributed by atoms with Crippen LogP contribution in [0.4, 0.5) is 0 Å². The molecule has 1 nitrogen and oxygen atoms in total. The predicted molar refractivity (Wildman–Crippen MR) is 84.6 cm³/mol. The van der Waals surface area contributed by atoms with Crippen LogP contribution in [0.15, 0.2) is 0 Å². The fourth-order valence-electron chi connectivity index (χ4n) is 2.33. The van der Waals surface area contributed by atoms with Crippen LogP contribution >= 0.6 is 11.6 Å². The maximum absolute atomic E-state index is 5.82. The lowest BCUT2D eigenvalue weighted by atomic mass is 10.0. The Bertz CT molecular complexity index is 159. The van der Waals surface area contributed by atoms with Gasteiger partial charge in [0.25, 0.3) is 0 Å². The summed E-state index contributed by atoms with van der Waals surface area (Å²) in [4.78, 5) is 0. The number of nitrogens with one attached hydrogen (secondary N) is 1. The highest BCUT2D eigenvalue weighted by Gasteiger charge is 2.10. The molecule has 0 bridgehead atoms. The van der Waals surface area contributed by atoms with Gasteiger partial charge in [0.15, 0.2) is 0 Å². The van der Waals surface area contributed by atoms with Crippen molar-refractivity contribution >= 4 is 11.6 Å². The number of rotatable bonds is 13. The molecule has 0 radical (unpaired) electrons. The molecule has 0 spiro atoms. The molecular weight excluding hydrogens is 242 g/mol. The van der Waals surface area contributed by atoms with E-state index < -0.39 is 0 Å². The van der Waals surface area contributed by atoms with Crippen LogP contribution in [0.2, 0.25) is 0 Å². The maximum atomic E-state index is 5.82. The third-order valence-corrected chi connectivity index (χ3v) is 3.88. The van der Waals surface area contributed by atoms with E-state index >= 15 is 0 Å². The molecule has 2 heteroatoms. The number of hydrogen-bond acceptors (Lipinski definition) is 1. The summed E-state index contributed by atoms with van der Waals surface area (Å²) in [5.74, 6) is 1.46. The van der Waals surface area contributed by atoms with Gasteiger partial charge in [0.1, 0.15) is 0 Å². The Kier molecular flexibility index (Phi) is 13.9. The van der Waals surface area contributed by atoms with E-state index in [-0.39, 0.29) is 0 Å². The molecule has 110 valence electrons. The first-order valence-electron chi connectivity index (χ1n) is 8.01. The first kappa shape index (κ1) is 18.2. The molecule has 0 saturated heterocycles. The Balaban J connectivity index is 3.27. The zero-order chi connectivity index (χ0) is 13.6. The minimum atomic E-state index is 0.604. The second-order valence-corrected chi connectivity index (χ2v) is 6.14. The molecule has 0 fully saturated rings. The average Bonchev–Trinajstić information content (AvgIpc) is 2.35. The van der Waals surface area contributed by atoms with Gasteiger partial charge in [-0.15, -0.1) is 11.6 Å². The Labute approximate surface area is 120 Å². The topological polar surface area (TPSA) is 12.0 Å². The van der Waals surface area contributed by atoms with Crippen LogP contribution in [-0.2, 0) is 0 Å². The lowest BCUT2D eigenvalue weighted by Crippen LogP contribution is -2.34. The molecule has 0 heterocycles. The summed E-state index contributed by atoms with van der Waals surface area (Å²) in [6.07, 6.45) is 12.3. The van der Waals surface area contributed by atoms with Gasteiger partial charge < -0.3 is 5.32 Å². The largest absolute Gasteiger partial charge is 0.314 e. The first-order chi connectivity index (χ1) is 8.72. The van der Waals surface area contributed by atoms with E-state index in [1.807, 2.05) is 0 Å². The monoisotopic (exact) mass is 275 g/mol. The van der Waals surface area contributed by atoms with Gasteiger partial charge in [-0.25, -0.2) is 0 Å². The number of unbranched alkanes of at least 4 members (excludes halogenated alkanes) is 7. The van der Waals surface area contributed by atoms with Crippen molar-refractivity contribution in [2.45, 2.75) is 84.6 Å². The summed E-state index contributed by atoms with van der Waals surface area (Å²) in [5, 5.41) is 3.65. The first-order valence-corrected chi connectivity index (χ1v) is 8.55. The van der Waals surface area contributed by atoms with E-state index in [1.54, 1.807) is 0 Å². The molecule has 0 aromatic rings. The molecule has 1 atom stereocenters. The zero-order valence-electron chi connectivity index (χ0n) is 12.8. The molecule has 0 rings (SSSR count). The van der Waals surface area contributed by atoms with E-state index in [4.69, 9.17) is 11.6 Å². The van der Waals surface area contributed by atoms with Gasteiger partial charge in [-0.05, 0) is 25.3 Å². The van der Waals surface area contributed by atoms with E-state index in [2.05, 4.69) is 26.1 Å². The van der Waals surface area contributed by atoms with Crippen molar-refractivity contribution in [3.8, 4) is 0 Å². The normalized spacial score (nSPS) is 13.2. The average molecular weight is 276 g/mol. The van der Waals surface area contributed by atoms with Gasteiger partial charge in [-0.1, -0.05) is 65.7 Å². The minimum Gasteiger partial charge on any atom is -0.314 e. The molecule has 0 aromatic carbocycles. The van der Waals surface area contributed by atoms with E-state index in [0.717, 1.165) is 18.8 Å². The zero-order valence-corrected chi connectivity index (χ0v) is 13.6. The van der Waals surface area contributed by atoms with Crippen molar-refractivity contribution in [2.24, 2.45) is 5.92 Å². The van der Waals surface area contributed by atoms with Crippen molar-refractivity contribution in [1.82, 2.24) is 5.32 Å². The predicted octanol–water partition coefficient (Wildman–Crippen LogP) is 5.37. The van der Waals surface area contributed by atoms with E-state index in [0.29, 0.717) is 12.0 Å². The smallest absolute Gasteiger partial charge is 0.0238 e.